The fraction of sp³-hybridized carbons (Fsp3) is 0.400. The monoisotopic (exact) mass is 523 g/mol. The van der Waals surface area contributed by atoms with Gasteiger partial charge in [0, 0.05) is 44.1 Å². The van der Waals surface area contributed by atoms with E-state index in [4.69, 9.17) is 23.2 Å². The topological polar surface area (TPSA) is 75.4 Å². The van der Waals surface area contributed by atoms with Gasteiger partial charge in [0.05, 0.1) is 27.5 Å². The van der Waals surface area contributed by atoms with Gasteiger partial charge in [-0.3, -0.25) is 9.59 Å². The zero-order chi connectivity index (χ0) is 25.7. The van der Waals surface area contributed by atoms with Crippen molar-refractivity contribution in [1.29, 1.82) is 0 Å². The van der Waals surface area contributed by atoms with E-state index in [1.165, 1.54) is 12.1 Å². The zero-order valence-electron chi connectivity index (χ0n) is 19.5. The van der Waals surface area contributed by atoms with Crippen LogP contribution in [0.2, 0.25) is 10.0 Å². The summed E-state index contributed by atoms with van der Waals surface area (Å²) in [4.78, 5) is 30.6. The van der Waals surface area contributed by atoms with Crippen molar-refractivity contribution in [3.05, 3.63) is 62.4 Å². The van der Waals surface area contributed by atoms with Crippen molar-refractivity contribution in [1.82, 2.24) is 14.5 Å². The molecule has 6 nitrogen and oxygen atoms in total. The van der Waals surface area contributed by atoms with Gasteiger partial charge in [0.25, 0.3) is 11.8 Å². The summed E-state index contributed by atoms with van der Waals surface area (Å²) in [7, 11) is 1.74. The van der Waals surface area contributed by atoms with Crippen molar-refractivity contribution in [2.24, 2.45) is 13.0 Å². The van der Waals surface area contributed by atoms with E-state index < -0.39 is 17.8 Å². The summed E-state index contributed by atoms with van der Waals surface area (Å²) in [6.07, 6.45) is 0.969. The number of aryl methyl sites for hydroxylation is 2. The molecular formula is C25H25Cl2F2N3O3. The van der Waals surface area contributed by atoms with Gasteiger partial charge >= 0.3 is 5.97 Å². The summed E-state index contributed by atoms with van der Waals surface area (Å²) >= 11 is 13.1. The van der Waals surface area contributed by atoms with Gasteiger partial charge in [-0.15, -0.1) is 0 Å². The third kappa shape index (κ3) is 4.86. The second-order valence-corrected chi connectivity index (χ2v) is 9.89. The molecule has 0 saturated carbocycles. The zero-order valence-corrected chi connectivity index (χ0v) is 21.1. The fourth-order valence-electron chi connectivity index (χ4n) is 4.50. The van der Waals surface area contributed by atoms with Crippen LogP contribution in [0.25, 0.3) is 11.0 Å². The molecular weight excluding hydrogens is 499 g/mol. The molecule has 0 radical (unpaired) electrons. The smallest absolute Gasteiger partial charge is 0.306 e. The fourth-order valence-corrected chi connectivity index (χ4v) is 5.08. The first-order valence-corrected chi connectivity index (χ1v) is 12.0. The number of piperidine rings is 1. The number of imidazole rings is 1. The summed E-state index contributed by atoms with van der Waals surface area (Å²) in [5.41, 5.74) is 2.51. The Bertz CT molecular complexity index is 1330. The number of aliphatic carboxylic acids is 1. The summed E-state index contributed by atoms with van der Waals surface area (Å²) < 4.78 is 29.6. The molecule has 1 N–H and O–H groups in total. The maximum absolute atomic E-state index is 14.0. The molecule has 1 amide bonds. The number of carbonyl (C=O) groups is 2. The molecule has 3 aromatic rings. The Hall–Kier alpha value is -2.71. The number of fused-ring (bicyclic) bond motifs is 1. The predicted molar refractivity (Wildman–Crippen MR) is 131 cm³/mol. The molecule has 0 bridgehead atoms. The predicted octanol–water partition coefficient (Wildman–Crippen LogP) is 5.83. The average molecular weight is 524 g/mol. The lowest BCUT2D eigenvalue weighted by molar-refractivity contribution is -0.143. The van der Waals surface area contributed by atoms with Gasteiger partial charge in [0.1, 0.15) is 5.82 Å². The van der Waals surface area contributed by atoms with Gasteiger partial charge in [0.2, 0.25) is 0 Å². The van der Waals surface area contributed by atoms with Crippen LogP contribution in [0.4, 0.5) is 8.78 Å². The van der Waals surface area contributed by atoms with Crippen LogP contribution in [0, 0.1) is 12.8 Å². The third-order valence-corrected chi connectivity index (χ3v) is 7.45. The highest BCUT2D eigenvalue weighted by molar-refractivity contribution is 6.38. The first kappa shape index (κ1) is 25.4. The van der Waals surface area contributed by atoms with Crippen LogP contribution in [-0.4, -0.2) is 44.5 Å². The van der Waals surface area contributed by atoms with Gasteiger partial charge in [-0.05, 0) is 55.2 Å². The number of aromatic nitrogens is 2. The molecule has 4 rings (SSSR count). The molecule has 1 saturated heterocycles. The highest BCUT2D eigenvalue weighted by Crippen LogP contribution is 2.34. The molecule has 1 aliphatic rings. The van der Waals surface area contributed by atoms with Crippen LogP contribution in [0.5, 0.6) is 0 Å². The summed E-state index contributed by atoms with van der Waals surface area (Å²) in [5.74, 6) is -4.01. The largest absolute Gasteiger partial charge is 0.481 e. The molecule has 0 unspecified atom stereocenters. The van der Waals surface area contributed by atoms with Gasteiger partial charge in [-0.25, -0.2) is 13.8 Å². The number of rotatable bonds is 5. The Morgan fingerprint density at radius 2 is 1.86 bits per heavy atom. The minimum absolute atomic E-state index is 0.0904. The Labute approximate surface area is 211 Å². The second kappa shape index (κ2) is 9.39. The Kier molecular flexibility index (Phi) is 6.81. The number of carboxylic acids is 1. The molecule has 0 atom stereocenters. The summed E-state index contributed by atoms with van der Waals surface area (Å²) in [5, 5.41) is 9.76. The number of nitrogens with zero attached hydrogens (tertiary/aromatic N) is 3. The summed E-state index contributed by atoms with van der Waals surface area (Å²) in [6, 6.07) is 6.03. The van der Waals surface area contributed by atoms with Gasteiger partial charge in [0.15, 0.2) is 0 Å². The van der Waals surface area contributed by atoms with Crippen molar-refractivity contribution in [3.8, 4) is 0 Å². The highest BCUT2D eigenvalue weighted by Gasteiger charge is 2.30. The van der Waals surface area contributed by atoms with Gasteiger partial charge < -0.3 is 14.6 Å². The van der Waals surface area contributed by atoms with E-state index in [1.54, 1.807) is 35.6 Å². The first-order valence-electron chi connectivity index (χ1n) is 11.2. The Morgan fingerprint density at radius 3 is 2.46 bits per heavy atom. The molecule has 186 valence electrons. The second-order valence-electron chi connectivity index (χ2n) is 9.11. The van der Waals surface area contributed by atoms with Crippen molar-refractivity contribution >= 4 is 46.1 Å². The standard InChI is InChI=1S/C25H25Cl2F2N3O3/c1-13-10-15(25(2,28)29)11-19-22(13)30-20(31(19)3)12-17-18(26)5-4-16(21(17)27)23(33)32-8-6-14(7-9-32)24(34)35/h4-5,10-11,14H,6-9,12H2,1-3H3,(H,34,35). The number of carbonyl (C=O) groups excluding carboxylic acids is 1. The van der Waals surface area contributed by atoms with Crippen LogP contribution < -0.4 is 0 Å². The number of alkyl halides is 2. The Balaban J connectivity index is 1.66. The normalized spacial score (nSPS) is 15.1. The van der Waals surface area contributed by atoms with E-state index >= 15 is 0 Å². The molecule has 2 heterocycles. The van der Waals surface area contributed by atoms with E-state index in [0.717, 1.165) is 6.92 Å². The number of benzene rings is 2. The number of amides is 1. The molecule has 1 fully saturated rings. The van der Waals surface area contributed by atoms with Gasteiger partial charge in [-0.1, -0.05) is 23.2 Å². The Morgan fingerprint density at radius 1 is 1.20 bits per heavy atom. The quantitative estimate of drug-likeness (QED) is 0.456. The molecule has 1 aromatic heterocycles. The molecule has 0 aliphatic carbocycles. The lowest BCUT2D eigenvalue weighted by Gasteiger charge is -2.30. The van der Waals surface area contributed by atoms with E-state index in [2.05, 4.69) is 4.98 Å². The SMILES string of the molecule is Cc1cc(C(C)(F)F)cc2c1nc(Cc1c(Cl)ccc(C(=O)N3CCC(C(=O)O)CC3)c1Cl)n2C. The maximum atomic E-state index is 14.0. The van der Waals surface area contributed by atoms with E-state index in [0.29, 0.717) is 58.9 Å². The van der Waals surface area contributed by atoms with Crippen LogP contribution in [0.3, 0.4) is 0 Å². The summed E-state index contributed by atoms with van der Waals surface area (Å²) in [6.45, 7) is 3.26. The lowest BCUT2D eigenvalue weighted by Crippen LogP contribution is -2.40. The van der Waals surface area contributed by atoms with Crippen molar-refractivity contribution in [2.75, 3.05) is 13.1 Å². The van der Waals surface area contributed by atoms with Crippen LogP contribution in [-0.2, 0) is 24.2 Å². The van der Waals surface area contributed by atoms with Crippen LogP contribution in [0.1, 0.15) is 52.6 Å². The van der Waals surface area contributed by atoms with Crippen molar-refractivity contribution < 1.29 is 23.5 Å². The molecule has 1 aliphatic heterocycles. The van der Waals surface area contributed by atoms with E-state index in [1.807, 2.05) is 0 Å². The lowest BCUT2D eigenvalue weighted by atomic mass is 9.96. The highest BCUT2D eigenvalue weighted by atomic mass is 35.5. The van der Waals surface area contributed by atoms with Gasteiger partial charge in [-0.2, -0.15) is 0 Å². The first-order chi connectivity index (χ1) is 16.4. The van der Waals surface area contributed by atoms with Crippen LogP contribution in [0.15, 0.2) is 24.3 Å². The van der Waals surface area contributed by atoms with E-state index in [9.17, 15) is 23.5 Å². The maximum Gasteiger partial charge on any atom is 0.306 e. The number of hydrogen-bond donors (Lipinski definition) is 1. The third-order valence-electron chi connectivity index (χ3n) is 6.66. The van der Waals surface area contributed by atoms with E-state index in [-0.39, 0.29) is 28.5 Å². The number of hydrogen-bond acceptors (Lipinski definition) is 3. The average Bonchev–Trinajstić information content (AvgIpc) is 3.11. The molecule has 0 spiro atoms. The number of halogens is 4. The van der Waals surface area contributed by atoms with Crippen molar-refractivity contribution in [2.45, 2.75) is 39.0 Å². The number of likely N-dealkylation sites (tertiary alicyclic amines) is 1. The number of carboxylic acid groups (broad SMARTS) is 1. The molecule has 2 aromatic carbocycles. The molecule has 10 heteroatoms. The minimum Gasteiger partial charge on any atom is -0.481 e. The molecule has 35 heavy (non-hydrogen) atoms. The van der Waals surface area contributed by atoms with Crippen LogP contribution >= 0.6 is 23.2 Å². The van der Waals surface area contributed by atoms with Crippen molar-refractivity contribution in [3.63, 3.8) is 0 Å². The minimum atomic E-state index is -2.98.